The van der Waals surface area contributed by atoms with Crippen LogP contribution >= 0.6 is 0 Å². The molecule has 126 valence electrons. The molecular weight excluding hydrogens is 321 g/mol. The van der Waals surface area contributed by atoms with Crippen LogP contribution in [0.5, 0.6) is 0 Å². The van der Waals surface area contributed by atoms with Crippen molar-refractivity contribution in [2.75, 3.05) is 5.32 Å². The fourth-order valence-corrected chi connectivity index (χ4v) is 2.18. The first-order chi connectivity index (χ1) is 12.2. The largest absolute Gasteiger partial charge is 0.366 e. The molecule has 3 rings (SSSR count). The maximum absolute atomic E-state index is 13.6. The third kappa shape index (κ3) is 4.57. The molecule has 1 aromatic carbocycles. The first kappa shape index (κ1) is 16.5. The monoisotopic (exact) mass is 337 g/mol. The lowest BCUT2D eigenvalue weighted by atomic mass is 10.2. The molecule has 0 aliphatic rings. The number of nitrogens with one attached hydrogen (secondary N) is 2. The lowest BCUT2D eigenvalue weighted by molar-refractivity contribution is 0.0946. The van der Waals surface area contributed by atoms with Crippen LogP contribution in [0.2, 0.25) is 0 Å². The summed E-state index contributed by atoms with van der Waals surface area (Å²) in [7, 11) is 0. The molecule has 25 heavy (non-hydrogen) atoms. The summed E-state index contributed by atoms with van der Waals surface area (Å²) >= 11 is 0. The molecule has 2 N–H and O–H groups in total. The van der Waals surface area contributed by atoms with Crippen LogP contribution in [0.3, 0.4) is 0 Å². The Hall–Kier alpha value is -3.35. The van der Waals surface area contributed by atoms with E-state index in [4.69, 9.17) is 0 Å². The maximum Gasteiger partial charge on any atom is 0.270 e. The predicted molar refractivity (Wildman–Crippen MR) is 91.2 cm³/mol. The van der Waals surface area contributed by atoms with Gasteiger partial charge in [0.25, 0.3) is 5.91 Å². The van der Waals surface area contributed by atoms with Crippen molar-refractivity contribution in [3.63, 3.8) is 0 Å². The normalized spacial score (nSPS) is 10.3. The van der Waals surface area contributed by atoms with Crippen molar-refractivity contribution in [2.24, 2.45) is 0 Å². The van der Waals surface area contributed by atoms with Crippen molar-refractivity contribution >= 4 is 11.7 Å². The van der Waals surface area contributed by atoms with Gasteiger partial charge in [-0.05, 0) is 23.8 Å². The Bertz CT molecular complexity index is 857. The number of pyridine rings is 1. The number of aromatic nitrogens is 3. The van der Waals surface area contributed by atoms with Crippen LogP contribution in [-0.4, -0.2) is 20.9 Å². The summed E-state index contributed by atoms with van der Waals surface area (Å²) in [6.07, 6.45) is 4.62. The standard InChI is InChI=1S/C18H16FN5O/c19-15-4-2-1-3-14(15)11-21-17-9-16(23-12-24-17)18(25)22-10-13-5-7-20-8-6-13/h1-9,12H,10-11H2,(H,22,25)(H,21,23,24). The third-order valence-electron chi connectivity index (χ3n) is 3.52. The second kappa shape index (κ2) is 7.96. The number of halogens is 1. The van der Waals surface area contributed by atoms with Gasteiger partial charge in [0, 0.05) is 37.1 Å². The van der Waals surface area contributed by atoms with Gasteiger partial charge in [-0.25, -0.2) is 14.4 Å². The molecule has 0 fully saturated rings. The van der Waals surface area contributed by atoms with Gasteiger partial charge in [0.15, 0.2) is 0 Å². The molecule has 0 aliphatic heterocycles. The van der Waals surface area contributed by atoms with Gasteiger partial charge < -0.3 is 10.6 Å². The van der Waals surface area contributed by atoms with E-state index in [0.29, 0.717) is 17.9 Å². The van der Waals surface area contributed by atoms with Crippen LogP contribution in [0, 0.1) is 5.82 Å². The molecule has 0 bridgehead atoms. The van der Waals surface area contributed by atoms with Crippen molar-refractivity contribution in [1.29, 1.82) is 0 Å². The summed E-state index contributed by atoms with van der Waals surface area (Å²) in [5.41, 5.74) is 1.69. The molecule has 7 heteroatoms. The Morgan fingerprint density at radius 2 is 1.84 bits per heavy atom. The number of hydrogen-bond donors (Lipinski definition) is 2. The van der Waals surface area contributed by atoms with Gasteiger partial charge in [0.05, 0.1) is 0 Å². The fraction of sp³-hybridized carbons (Fsp3) is 0.111. The second-order valence-electron chi connectivity index (χ2n) is 5.27. The zero-order chi connectivity index (χ0) is 17.5. The van der Waals surface area contributed by atoms with Crippen molar-refractivity contribution in [2.45, 2.75) is 13.1 Å². The Labute approximate surface area is 144 Å². The summed E-state index contributed by atoms with van der Waals surface area (Å²) in [6, 6.07) is 11.7. The minimum Gasteiger partial charge on any atom is -0.366 e. The average molecular weight is 337 g/mol. The first-order valence-electron chi connectivity index (χ1n) is 7.69. The SMILES string of the molecule is O=C(NCc1ccncc1)c1cc(NCc2ccccc2F)ncn1. The highest BCUT2D eigenvalue weighted by Gasteiger charge is 2.09. The topological polar surface area (TPSA) is 79.8 Å². The maximum atomic E-state index is 13.6. The minimum absolute atomic E-state index is 0.236. The molecule has 3 aromatic rings. The predicted octanol–water partition coefficient (Wildman–Crippen LogP) is 2.55. The number of anilines is 1. The number of hydrogen-bond acceptors (Lipinski definition) is 5. The molecule has 2 aromatic heterocycles. The van der Waals surface area contributed by atoms with Crippen LogP contribution in [0.25, 0.3) is 0 Å². The number of carbonyl (C=O) groups excluding carboxylic acids is 1. The summed E-state index contributed by atoms with van der Waals surface area (Å²) in [6.45, 7) is 0.644. The number of carbonyl (C=O) groups is 1. The Morgan fingerprint density at radius 3 is 2.64 bits per heavy atom. The van der Waals surface area contributed by atoms with E-state index in [1.807, 2.05) is 12.1 Å². The third-order valence-corrected chi connectivity index (χ3v) is 3.52. The van der Waals surface area contributed by atoms with Gasteiger partial charge in [0.2, 0.25) is 0 Å². The van der Waals surface area contributed by atoms with Crippen LogP contribution < -0.4 is 10.6 Å². The molecule has 0 atom stereocenters. The van der Waals surface area contributed by atoms with Crippen molar-refractivity contribution in [3.8, 4) is 0 Å². The summed E-state index contributed by atoms with van der Waals surface area (Å²) in [4.78, 5) is 24.1. The number of rotatable bonds is 6. The summed E-state index contributed by atoms with van der Waals surface area (Å²) < 4.78 is 13.6. The molecule has 0 radical (unpaired) electrons. The molecule has 1 amide bonds. The lowest BCUT2D eigenvalue weighted by Gasteiger charge is -2.08. The summed E-state index contributed by atoms with van der Waals surface area (Å²) in [5, 5.41) is 5.77. The van der Waals surface area contributed by atoms with Gasteiger partial charge >= 0.3 is 0 Å². The van der Waals surface area contributed by atoms with Gasteiger partial charge in [-0.2, -0.15) is 0 Å². The van der Waals surface area contributed by atoms with E-state index in [2.05, 4.69) is 25.6 Å². The van der Waals surface area contributed by atoms with Crippen molar-refractivity contribution in [1.82, 2.24) is 20.3 Å². The second-order valence-corrected chi connectivity index (χ2v) is 5.27. The number of amides is 1. The van der Waals surface area contributed by atoms with E-state index < -0.39 is 0 Å². The lowest BCUT2D eigenvalue weighted by Crippen LogP contribution is -2.24. The molecule has 0 saturated heterocycles. The smallest absolute Gasteiger partial charge is 0.270 e. The highest BCUT2D eigenvalue weighted by molar-refractivity contribution is 5.92. The molecule has 6 nitrogen and oxygen atoms in total. The molecule has 0 spiro atoms. The minimum atomic E-state index is -0.312. The van der Waals surface area contributed by atoms with E-state index in [0.717, 1.165) is 5.56 Å². The molecule has 0 saturated carbocycles. The highest BCUT2D eigenvalue weighted by atomic mass is 19.1. The van der Waals surface area contributed by atoms with Crippen LogP contribution in [-0.2, 0) is 13.1 Å². The van der Waals surface area contributed by atoms with Gasteiger partial charge in [-0.3, -0.25) is 9.78 Å². The Kier molecular flexibility index (Phi) is 5.26. The van der Waals surface area contributed by atoms with E-state index in [1.165, 1.54) is 18.5 Å². The van der Waals surface area contributed by atoms with Crippen molar-refractivity contribution in [3.05, 3.63) is 83.8 Å². The van der Waals surface area contributed by atoms with E-state index in [1.54, 1.807) is 30.6 Å². The zero-order valence-corrected chi connectivity index (χ0v) is 13.3. The molecule has 0 unspecified atom stereocenters. The Morgan fingerprint density at radius 1 is 1.04 bits per heavy atom. The van der Waals surface area contributed by atoms with Gasteiger partial charge in [0.1, 0.15) is 23.7 Å². The average Bonchev–Trinajstić information content (AvgIpc) is 2.66. The fourth-order valence-electron chi connectivity index (χ4n) is 2.18. The van der Waals surface area contributed by atoms with Crippen LogP contribution in [0.15, 0.2) is 61.2 Å². The van der Waals surface area contributed by atoms with E-state index >= 15 is 0 Å². The first-order valence-corrected chi connectivity index (χ1v) is 7.69. The quantitative estimate of drug-likeness (QED) is 0.723. The van der Waals surface area contributed by atoms with Gasteiger partial charge in [-0.15, -0.1) is 0 Å². The molecular formula is C18H16FN5O. The number of nitrogens with zero attached hydrogens (tertiary/aromatic N) is 3. The van der Waals surface area contributed by atoms with E-state index in [9.17, 15) is 9.18 Å². The summed E-state index contributed by atoms with van der Waals surface area (Å²) in [5.74, 6) is -0.153. The van der Waals surface area contributed by atoms with E-state index in [-0.39, 0.29) is 24.0 Å². The zero-order valence-electron chi connectivity index (χ0n) is 13.3. The highest BCUT2D eigenvalue weighted by Crippen LogP contribution is 2.10. The van der Waals surface area contributed by atoms with Gasteiger partial charge in [-0.1, -0.05) is 18.2 Å². The number of benzene rings is 1. The molecule has 0 aliphatic carbocycles. The van der Waals surface area contributed by atoms with Crippen LogP contribution in [0.1, 0.15) is 21.6 Å². The van der Waals surface area contributed by atoms with Crippen LogP contribution in [0.4, 0.5) is 10.2 Å². The molecule has 2 heterocycles. The Balaban J connectivity index is 1.61. The van der Waals surface area contributed by atoms with Crippen molar-refractivity contribution < 1.29 is 9.18 Å².